The van der Waals surface area contributed by atoms with Crippen LogP contribution in [0.2, 0.25) is 0 Å². The van der Waals surface area contributed by atoms with Crippen LogP contribution in [0.3, 0.4) is 0 Å². The van der Waals surface area contributed by atoms with Gasteiger partial charge in [-0.25, -0.2) is 0 Å². The molecule has 0 heterocycles. The Morgan fingerprint density at radius 3 is 2.21 bits per heavy atom. The maximum Gasteiger partial charge on any atom is 0.211 e. The van der Waals surface area contributed by atoms with Crippen LogP contribution in [-0.2, 0) is 0 Å². The average molecular weight is 191 g/mol. The molecule has 0 aliphatic rings. The van der Waals surface area contributed by atoms with E-state index in [0.717, 1.165) is 5.56 Å². The number of guanidine groups is 1. The lowest BCUT2D eigenvalue weighted by Crippen LogP contribution is -2.22. The van der Waals surface area contributed by atoms with E-state index in [1.165, 1.54) is 0 Å². The van der Waals surface area contributed by atoms with Crippen molar-refractivity contribution in [2.45, 2.75) is 0 Å². The van der Waals surface area contributed by atoms with Gasteiger partial charge in [0, 0.05) is 6.54 Å². The lowest BCUT2D eigenvalue weighted by molar-refractivity contribution is 1.16. The van der Waals surface area contributed by atoms with Crippen LogP contribution in [0.15, 0.2) is 40.5 Å². The molecule has 0 amide bonds. The standard InChI is InChI=1S/C9H13N5/c10-6-8(13-14-9(11)12)7-4-2-1-3-5-7/h1-5H,6,10H2,(H4,11,12,14)/b13-8+. The topological polar surface area (TPSA) is 103 Å². The molecule has 0 saturated carbocycles. The molecule has 0 bridgehead atoms. The predicted molar refractivity (Wildman–Crippen MR) is 57.8 cm³/mol. The zero-order valence-corrected chi connectivity index (χ0v) is 7.72. The van der Waals surface area contributed by atoms with Crippen LogP contribution in [0.25, 0.3) is 0 Å². The van der Waals surface area contributed by atoms with Crippen LogP contribution < -0.4 is 17.2 Å². The summed E-state index contributed by atoms with van der Waals surface area (Å²) in [5.74, 6) is -0.0770. The third-order valence-corrected chi connectivity index (χ3v) is 1.59. The largest absolute Gasteiger partial charge is 0.369 e. The van der Waals surface area contributed by atoms with E-state index in [4.69, 9.17) is 17.2 Å². The molecule has 0 aliphatic carbocycles. The number of hydrogen-bond donors (Lipinski definition) is 3. The van der Waals surface area contributed by atoms with E-state index in [-0.39, 0.29) is 5.96 Å². The highest BCUT2D eigenvalue weighted by atomic mass is 15.3. The van der Waals surface area contributed by atoms with Crippen molar-refractivity contribution >= 4 is 11.7 Å². The maximum atomic E-state index is 5.51. The first-order chi connectivity index (χ1) is 6.74. The minimum absolute atomic E-state index is 0.0770. The first kappa shape index (κ1) is 10.2. The van der Waals surface area contributed by atoms with E-state index in [1.807, 2.05) is 30.3 Å². The summed E-state index contributed by atoms with van der Waals surface area (Å²) in [5.41, 5.74) is 17.4. The molecule has 0 spiro atoms. The monoisotopic (exact) mass is 191 g/mol. The molecular formula is C9H13N5. The van der Waals surface area contributed by atoms with E-state index in [9.17, 15) is 0 Å². The van der Waals surface area contributed by atoms with Gasteiger partial charge >= 0.3 is 0 Å². The fourth-order valence-electron chi connectivity index (χ4n) is 0.965. The maximum absolute atomic E-state index is 5.51. The molecule has 0 unspecified atom stereocenters. The zero-order valence-electron chi connectivity index (χ0n) is 7.72. The van der Waals surface area contributed by atoms with Crippen LogP contribution in [0.5, 0.6) is 0 Å². The number of rotatable bonds is 3. The summed E-state index contributed by atoms with van der Waals surface area (Å²) in [4.78, 5) is 0. The molecule has 1 aromatic rings. The van der Waals surface area contributed by atoms with E-state index >= 15 is 0 Å². The molecule has 1 aromatic carbocycles. The van der Waals surface area contributed by atoms with E-state index in [2.05, 4.69) is 10.2 Å². The molecular weight excluding hydrogens is 178 g/mol. The van der Waals surface area contributed by atoms with E-state index in [1.54, 1.807) is 0 Å². The highest BCUT2D eigenvalue weighted by Gasteiger charge is 1.99. The van der Waals surface area contributed by atoms with Crippen molar-refractivity contribution in [2.24, 2.45) is 27.4 Å². The Morgan fingerprint density at radius 1 is 1.07 bits per heavy atom. The first-order valence-corrected chi connectivity index (χ1v) is 4.15. The average Bonchev–Trinajstić information content (AvgIpc) is 2.20. The molecule has 6 N–H and O–H groups in total. The number of nitrogens with zero attached hydrogens (tertiary/aromatic N) is 2. The van der Waals surface area contributed by atoms with Gasteiger partial charge in [0.25, 0.3) is 0 Å². The van der Waals surface area contributed by atoms with Gasteiger partial charge in [-0.1, -0.05) is 30.3 Å². The highest BCUT2D eigenvalue weighted by molar-refractivity contribution is 6.02. The van der Waals surface area contributed by atoms with Gasteiger partial charge in [-0.15, -0.1) is 5.10 Å². The summed E-state index contributed by atoms with van der Waals surface area (Å²) in [6.45, 7) is 0.292. The summed E-state index contributed by atoms with van der Waals surface area (Å²) in [6, 6.07) is 9.51. The normalized spacial score (nSPS) is 11.1. The third-order valence-electron chi connectivity index (χ3n) is 1.59. The Balaban J connectivity index is 2.93. The lowest BCUT2D eigenvalue weighted by atomic mass is 10.1. The summed E-state index contributed by atoms with van der Waals surface area (Å²) < 4.78 is 0. The Bertz CT molecular complexity index is 337. The molecule has 0 atom stereocenters. The summed E-state index contributed by atoms with van der Waals surface area (Å²) in [5, 5.41) is 7.39. The minimum atomic E-state index is -0.0770. The Morgan fingerprint density at radius 2 is 1.71 bits per heavy atom. The van der Waals surface area contributed by atoms with Crippen molar-refractivity contribution in [1.82, 2.24) is 0 Å². The lowest BCUT2D eigenvalue weighted by Gasteiger charge is -2.00. The minimum Gasteiger partial charge on any atom is -0.369 e. The van der Waals surface area contributed by atoms with Crippen molar-refractivity contribution in [1.29, 1.82) is 0 Å². The summed E-state index contributed by atoms with van der Waals surface area (Å²) in [6.07, 6.45) is 0. The van der Waals surface area contributed by atoms with Crippen molar-refractivity contribution in [3.05, 3.63) is 35.9 Å². The SMILES string of the molecule is NC/C(=N\N=C(N)N)c1ccccc1. The number of hydrogen-bond acceptors (Lipinski definition) is 3. The van der Waals surface area contributed by atoms with Crippen molar-refractivity contribution in [3.8, 4) is 0 Å². The second-order valence-corrected chi connectivity index (χ2v) is 2.64. The van der Waals surface area contributed by atoms with Crippen LogP contribution in [0, 0.1) is 0 Å². The van der Waals surface area contributed by atoms with Gasteiger partial charge in [0.05, 0.1) is 5.71 Å². The fourth-order valence-corrected chi connectivity index (χ4v) is 0.965. The number of benzene rings is 1. The van der Waals surface area contributed by atoms with Crippen LogP contribution >= 0.6 is 0 Å². The van der Waals surface area contributed by atoms with Gasteiger partial charge in [0.15, 0.2) is 0 Å². The first-order valence-electron chi connectivity index (χ1n) is 4.15. The van der Waals surface area contributed by atoms with Gasteiger partial charge < -0.3 is 17.2 Å². The number of nitrogens with two attached hydrogens (primary N) is 3. The Kier molecular flexibility index (Phi) is 3.63. The second kappa shape index (κ2) is 4.98. The van der Waals surface area contributed by atoms with Gasteiger partial charge in [-0.3, -0.25) is 0 Å². The van der Waals surface area contributed by atoms with Gasteiger partial charge in [-0.2, -0.15) is 5.10 Å². The van der Waals surface area contributed by atoms with Gasteiger partial charge in [0.2, 0.25) is 5.96 Å². The second-order valence-electron chi connectivity index (χ2n) is 2.64. The van der Waals surface area contributed by atoms with E-state index in [0.29, 0.717) is 12.3 Å². The van der Waals surface area contributed by atoms with Crippen molar-refractivity contribution < 1.29 is 0 Å². The summed E-state index contributed by atoms with van der Waals surface area (Å²) >= 11 is 0. The molecule has 5 heteroatoms. The van der Waals surface area contributed by atoms with Crippen molar-refractivity contribution in [3.63, 3.8) is 0 Å². The quantitative estimate of drug-likeness (QED) is 0.345. The molecule has 0 saturated heterocycles. The van der Waals surface area contributed by atoms with Crippen LogP contribution in [0.1, 0.15) is 5.56 Å². The predicted octanol–water partition coefficient (Wildman–Crippen LogP) is -0.377. The summed E-state index contributed by atoms with van der Waals surface area (Å²) in [7, 11) is 0. The smallest absolute Gasteiger partial charge is 0.211 e. The van der Waals surface area contributed by atoms with Gasteiger partial charge in [0.1, 0.15) is 0 Å². The Hall–Kier alpha value is -1.88. The van der Waals surface area contributed by atoms with Gasteiger partial charge in [-0.05, 0) is 5.56 Å². The van der Waals surface area contributed by atoms with E-state index < -0.39 is 0 Å². The molecule has 0 aromatic heterocycles. The van der Waals surface area contributed by atoms with Crippen molar-refractivity contribution in [2.75, 3.05) is 6.54 Å². The van der Waals surface area contributed by atoms with Crippen LogP contribution in [-0.4, -0.2) is 18.2 Å². The van der Waals surface area contributed by atoms with Crippen LogP contribution in [0.4, 0.5) is 0 Å². The molecule has 74 valence electrons. The molecule has 0 fully saturated rings. The third kappa shape index (κ3) is 2.87. The highest BCUT2D eigenvalue weighted by Crippen LogP contribution is 2.00. The zero-order chi connectivity index (χ0) is 10.4. The molecule has 1 rings (SSSR count). The molecule has 14 heavy (non-hydrogen) atoms. The fraction of sp³-hybridized carbons (Fsp3) is 0.111. The Labute approximate surface area is 82.3 Å². The molecule has 0 aliphatic heterocycles. The molecule has 0 radical (unpaired) electrons. The molecule has 5 nitrogen and oxygen atoms in total.